The van der Waals surface area contributed by atoms with Gasteiger partial charge in [0.05, 0.1) is 12.5 Å². The lowest BCUT2D eigenvalue weighted by atomic mass is 10.2. The van der Waals surface area contributed by atoms with Crippen molar-refractivity contribution in [2.75, 3.05) is 6.54 Å². The molecule has 15 heavy (non-hydrogen) atoms. The predicted molar refractivity (Wildman–Crippen MR) is 46.1 cm³/mol. The van der Waals surface area contributed by atoms with Gasteiger partial charge in [0, 0.05) is 11.8 Å². The summed E-state index contributed by atoms with van der Waals surface area (Å²) in [6.45, 7) is 0.325. The predicted octanol–water partition coefficient (Wildman–Crippen LogP) is -5.70. The lowest BCUT2D eigenvalue weighted by Crippen LogP contribution is -2.79. The van der Waals surface area contributed by atoms with Crippen LogP contribution in [0.4, 0.5) is 0 Å². The molecule has 86 valence electrons. The van der Waals surface area contributed by atoms with Crippen molar-refractivity contribution >= 4 is 11.9 Å². The van der Waals surface area contributed by atoms with E-state index in [0.29, 0.717) is 19.4 Å². The summed E-state index contributed by atoms with van der Waals surface area (Å²) in [5.74, 6) is -1.40. The number of carbonyl (C=O) groups excluding carboxylic acids is 1. The monoisotopic (exact) mass is 220 g/mol. The first kappa shape index (κ1) is 13.1. The van der Waals surface area contributed by atoms with Crippen LogP contribution in [0.1, 0.15) is 12.8 Å². The number of nitrogens with two attached hydrogens (primary N) is 1. The molecule has 0 saturated carbocycles. The first-order valence-electron chi connectivity index (χ1n) is 4.24. The zero-order valence-corrected chi connectivity index (χ0v) is 8.06. The maximum atomic E-state index is 10.2. The molecule has 0 aliphatic carbocycles. The van der Waals surface area contributed by atoms with Crippen molar-refractivity contribution < 1.29 is 25.7 Å². The number of carbonyl (C=O) groups is 1. The Bertz CT molecular complexity index is 266. The van der Waals surface area contributed by atoms with Gasteiger partial charge in [0.1, 0.15) is 6.04 Å². The van der Waals surface area contributed by atoms with Crippen molar-refractivity contribution in [1.29, 1.82) is 0 Å². The van der Waals surface area contributed by atoms with Crippen molar-refractivity contribution in [3.8, 4) is 0 Å². The number of nitrogens with zero attached hydrogens (tertiary/aromatic N) is 1. The van der Waals surface area contributed by atoms with Crippen LogP contribution in [0.3, 0.4) is 0 Å². The molecular weight excluding hydrogens is 206 g/mol. The van der Waals surface area contributed by atoms with Gasteiger partial charge in [0.25, 0.3) is 0 Å². The molecular formula is C6H14N5O4+. The minimum Gasteiger partial charge on any atom is -0.544 e. The highest BCUT2D eigenvalue weighted by molar-refractivity contribution is 5.70. The molecule has 0 amide bonds. The average Bonchev–Trinajstić information content (AvgIpc) is 2.10. The Kier molecular flexibility index (Phi) is 5.71. The topological polar surface area (TPSA) is 163 Å². The van der Waals surface area contributed by atoms with Gasteiger partial charge in [-0.25, -0.2) is 10.1 Å². The maximum Gasteiger partial charge on any atom is 0.403 e. The second-order valence-electron chi connectivity index (χ2n) is 2.87. The molecule has 0 fully saturated rings. The maximum absolute atomic E-state index is 10.2. The molecule has 0 spiro atoms. The fourth-order valence-corrected chi connectivity index (χ4v) is 0.827. The molecule has 7 N–H and O–H groups in total. The number of carboxylic acids is 1. The largest absolute Gasteiger partial charge is 0.544 e. The van der Waals surface area contributed by atoms with Crippen molar-refractivity contribution in [2.24, 2.45) is 5.73 Å². The van der Waals surface area contributed by atoms with Crippen LogP contribution in [0.15, 0.2) is 0 Å². The zero-order valence-electron chi connectivity index (χ0n) is 8.06. The molecule has 0 radical (unpaired) electrons. The number of nitrogens with one attached hydrogen (secondary N) is 2. The summed E-state index contributed by atoms with van der Waals surface area (Å²) in [6.07, 6.45) is 0.795. The number of quaternary nitrogens is 1. The van der Waals surface area contributed by atoms with E-state index in [1.807, 2.05) is 0 Å². The summed E-state index contributed by atoms with van der Waals surface area (Å²) in [5.41, 5.74) is 10.2. The first-order chi connectivity index (χ1) is 6.93. The standard InChI is InChI=1S/C6H13N5O4/c7-4(5(12)13)2-1-3-9-6(8)10-11(14)15/h4H,1-3,7H2,(H,12,13)(H3,8,9,10)/p+1/t4-/m0/s1. The molecule has 1 atom stereocenters. The van der Waals surface area contributed by atoms with E-state index in [-0.39, 0.29) is 5.96 Å². The third-order valence-corrected chi connectivity index (χ3v) is 1.59. The van der Waals surface area contributed by atoms with Crippen molar-refractivity contribution in [3.05, 3.63) is 10.1 Å². The molecule has 0 bridgehead atoms. The van der Waals surface area contributed by atoms with E-state index in [1.165, 1.54) is 0 Å². The minimum absolute atomic E-state index is 0.186. The van der Waals surface area contributed by atoms with Gasteiger partial charge < -0.3 is 15.6 Å². The van der Waals surface area contributed by atoms with Gasteiger partial charge in [0.15, 0.2) is 0 Å². The Balaban J connectivity index is 3.69. The highest BCUT2D eigenvalue weighted by atomic mass is 16.7. The highest BCUT2D eigenvalue weighted by Crippen LogP contribution is 1.87. The summed E-state index contributed by atoms with van der Waals surface area (Å²) in [4.78, 5) is 22.7. The Morgan fingerprint density at radius 1 is 1.67 bits per heavy atom. The molecule has 9 nitrogen and oxygen atoms in total. The molecule has 0 unspecified atom stereocenters. The highest BCUT2D eigenvalue weighted by Gasteiger charge is 2.08. The van der Waals surface area contributed by atoms with E-state index in [0.717, 1.165) is 0 Å². The van der Waals surface area contributed by atoms with E-state index in [9.17, 15) is 20.0 Å². The fourth-order valence-electron chi connectivity index (χ4n) is 0.827. The molecule has 0 aromatic heterocycles. The van der Waals surface area contributed by atoms with Crippen LogP contribution >= 0.6 is 0 Å². The molecule has 0 rings (SSSR count). The third-order valence-electron chi connectivity index (χ3n) is 1.59. The molecule has 0 aromatic carbocycles. The van der Waals surface area contributed by atoms with Crippen molar-refractivity contribution in [3.63, 3.8) is 0 Å². The van der Waals surface area contributed by atoms with Crippen LogP contribution in [-0.2, 0) is 4.79 Å². The van der Waals surface area contributed by atoms with Gasteiger partial charge in [-0.2, -0.15) is 0 Å². The number of guanidine groups is 1. The summed E-state index contributed by atoms with van der Waals surface area (Å²) in [7, 11) is 0. The second-order valence-corrected chi connectivity index (χ2v) is 2.87. The lowest BCUT2D eigenvalue weighted by molar-refractivity contribution is -0.547. The molecule has 0 aliphatic rings. The third kappa shape index (κ3) is 7.19. The van der Waals surface area contributed by atoms with Gasteiger partial charge in [-0.1, -0.05) is 0 Å². The quantitative estimate of drug-likeness (QED) is 0.114. The number of hydrogen-bond acceptors (Lipinski definition) is 4. The fraction of sp³-hybridized carbons (Fsp3) is 0.667. The van der Waals surface area contributed by atoms with Gasteiger partial charge >= 0.3 is 5.96 Å². The smallest absolute Gasteiger partial charge is 0.403 e. The van der Waals surface area contributed by atoms with E-state index in [1.54, 1.807) is 5.43 Å². The second kappa shape index (κ2) is 6.54. The molecule has 0 heterocycles. The molecule has 9 heteroatoms. The average molecular weight is 220 g/mol. The zero-order chi connectivity index (χ0) is 11.8. The Morgan fingerprint density at radius 3 is 2.73 bits per heavy atom. The number of aliphatic carboxylic acids is 1. The first-order valence-corrected chi connectivity index (χ1v) is 4.24. The van der Waals surface area contributed by atoms with Crippen molar-refractivity contribution in [1.82, 2.24) is 5.43 Å². The van der Waals surface area contributed by atoms with Gasteiger partial charge in [0.2, 0.25) is 5.03 Å². The van der Waals surface area contributed by atoms with E-state index < -0.39 is 17.0 Å². The van der Waals surface area contributed by atoms with E-state index >= 15 is 0 Å². The van der Waals surface area contributed by atoms with Crippen molar-refractivity contribution in [2.45, 2.75) is 18.9 Å². The Hall–Kier alpha value is -1.90. The number of hydrogen-bond donors (Lipinski definition) is 4. The van der Waals surface area contributed by atoms with Crippen LogP contribution in [-0.4, -0.2) is 29.5 Å². The van der Waals surface area contributed by atoms with E-state index in [4.69, 9.17) is 5.73 Å². The molecule has 0 saturated heterocycles. The summed E-state index contributed by atoms with van der Waals surface area (Å²) in [6, 6.07) is -0.781. The van der Waals surface area contributed by atoms with Crippen LogP contribution in [0.2, 0.25) is 0 Å². The van der Waals surface area contributed by atoms with Crippen LogP contribution in [0.25, 0.3) is 0 Å². The Labute approximate surface area is 85.3 Å². The van der Waals surface area contributed by atoms with Gasteiger partial charge in [-0.15, -0.1) is 0 Å². The Morgan fingerprint density at radius 2 is 2.27 bits per heavy atom. The van der Waals surface area contributed by atoms with Crippen LogP contribution < -0.4 is 27.0 Å². The number of nitro groups is 1. The number of carboxylic acid groups (broad SMARTS) is 1. The lowest BCUT2D eigenvalue weighted by Gasteiger charge is -2.06. The number of rotatable bonds is 6. The normalized spacial score (nSPS) is 13.3. The SMILES string of the molecule is NC(N[N+](=O)[O-])=[NH+]CCC[C@H]([NH3+])C(=O)[O-]. The molecule has 0 aliphatic heterocycles. The van der Waals surface area contributed by atoms with Gasteiger partial charge in [-0.05, 0) is 6.42 Å². The van der Waals surface area contributed by atoms with E-state index in [2.05, 4.69) is 10.7 Å². The minimum atomic E-state index is -1.21. The van der Waals surface area contributed by atoms with Crippen LogP contribution in [0.5, 0.6) is 0 Å². The number of hydrazine groups is 1. The van der Waals surface area contributed by atoms with Gasteiger partial charge in [-0.3, -0.25) is 10.7 Å². The molecule has 0 aromatic rings. The summed E-state index contributed by atoms with van der Waals surface area (Å²) >= 11 is 0. The summed E-state index contributed by atoms with van der Waals surface area (Å²) < 4.78 is 0. The van der Waals surface area contributed by atoms with Crippen LogP contribution in [0, 0.1) is 10.1 Å². The summed E-state index contributed by atoms with van der Waals surface area (Å²) in [5, 5.41) is 19.3.